The van der Waals surface area contributed by atoms with Crippen LogP contribution in [0, 0.1) is 0 Å². The molecular weight excluding hydrogens is 264 g/mol. The molecule has 2 aromatic rings. The van der Waals surface area contributed by atoms with Crippen LogP contribution in [0.15, 0.2) is 42.5 Å². The van der Waals surface area contributed by atoms with Gasteiger partial charge in [0.25, 0.3) is 0 Å². The van der Waals surface area contributed by atoms with Gasteiger partial charge in [-0.05, 0) is 12.1 Å². The molecule has 0 amide bonds. The third-order valence-corrected chi connectivity index (χ3v) is 3.49. The van der Waals surface area contributed by atoms with Crippen molar-refractivity contribution in [2.45, 2.75) is 6.10 Å². The number of esters is 1. The topological polar surface area (TPSA) is 35.5 Å². The molecule has 1 unspecified atom stereocenters. The van der Waals surface area contributed by atoms with Crippen molar-refractivity contribution in [2.24, 2.45) is 0 Å². The summed E-state index contributed by atoms with van der Waals surface area (Å²) in [6.45, 7) is 0. The molecule has 1 aliphatic heterocycles. The Morgan fingerprint density at radius 3 is 2.63 bits per heavy atom. The van der Waals surface area contributed by atoms with Crippen molar-refractivity contribution in [1.82, 2.24) is 0 Å². The average Bonchev–Trinajstić information content (AvgIpc) is 2.77. The second-order valence-corrected chi connectivity index (χ2v) is 4.64. The molecule has 0 radical (unpaired) electrons. The Bertz CT molecular complexity index is 652. The molecule has 0 fully saturated rings. The predicted molar refractivity (Wildman–Crippen MR) is 71.7 cm³/mol. The van der Waals surface area contributed by atoms with Crippen molar-refractivity contribution in [3.63, 3.8) is 0 Å². The van der Waals surface area contributed by atoms with Crippen LogP contribution in [0.2, 0.25) is 5.02 Å². The second kappa shape index (κ2) is 4.59. The molecule has 0 N–H and O–H groups in total. The fraction of sp³-hybridized carbons (Fsp3) is 0.133. The summed E-state index contributed by atoms with van der Waals surface area (Å²) in [5, 5.41) is 0.417. The van der Waals surface area contributed by atoms with Gasteiger partial charge in [0.2, 0.25) is 0 Å². The molecule has 0 aromatic heterocycles. The number of halogens is 1. The SMILES string of the molecule is COc1ccccc1C1OC(=O)c2c(Cl)cccc21. The molecule has 2 aromatic carbocycles. The van der Waals surface area contributed by atoms with E-state index in [1.165, 1.54) is 0 Å². The van der Waals surface area contributed by atoms with E-state index in [2.05, 4.69) is 0 Å². The van der Waals surface area contributed by atoms with E-state index in [4.69, 9.17) is 21.1 Å². The summed E-state index contributed by atoms with van der Waals surface area (Å²) in [7, 11) is 1.59. The predicted octanol–water partition coefficient (Wildman–Crippen LogP) is 3.61. The molecule has 1 heterocycles. The number of rotatable bonds is 2. The van der Waals surface area contributed by atoms with E-state index in [-0.39, 0.29) is 0 Å². The number of hydrogen-bond donors (Lipinski definition) is 0. The summed E-state index contributed by atoms with van der Waals surface area (Å²) in [4.78, 5) is 11.9. The molecule has 1 atom stereocenters. The zero-order valence-corrected chi connectivity index (χ0v) is 11.0. The Morgan fingerprint density at radius 1 is 1.11 bits per heavy atom. The molecule has 0 spiro atoms. The van der Waals surface area contributed by atoms with Crippen molar-refractivity contribution in [1.29, 1.82) is 0 Å². The molecule has 19 heavy (non-hydrogen) atoms. The van der Waals surface area contributed by atoms with E-state index in [9.17, 15) is 4.79 Å². The first kappa shape index (κ1) is 12.1. The number of hydrogen-bond acceptors (Lipinski definition) is 3. The van der Waals surface area contributed by atoms with Crippen molar-refractivity contribution in [2.75, 3.05) is 7.11 Å². The third kappa shape index (κ3) is 1.87. The number of carbonyl (C=O) groups is 1. The third-order valence-electron chi connectivity index (χ3n) is 3.18. The van der Waals surface area contributed by atoms with Gasteiger partial charge in [0, 0.05) is 11.1 Å². The zero-order valence-electron chi connectivity index (χ0n) is 10.2. The zero-order chi connectivity index (χ0) is 13.4. The van der Waals surface area contributed by atoms with Gasteiger partial charge in [-0.15, -0.1) is 0 Å². The summed E-state index contributed by atoms with van der Waals surface area (Å²) in [5.41, 5.74) is 2.04. The van der Waals surface area contributed by atoms with Crippen LogP contribution in [-0.4, -0.2) is 13.1 Å². The number of para-hydroxylation sites is 1. The maximum absolute atomic E-state index is 11.9. The first-order chi connectivity index (χ1) is 9.22. The summed E-state index contributed by atoms with van der Waals surface area (Å²) in [6.07, 6.45) is -0.461. The lowest BCUT2D eigenvalue weighted by Gasteiger charge is -2.14. The Hall–Kier alpha value is -2.00. The van der Waals surface area contributed by atoms with Gasteiger partial charge < -0.3 is 9.47 Å². The molecule has 0 bridgehead atoms. The fourth-order valence-electron chi connectivity index (χ4n) is 2.32. The lowest BCUT2D eigenvalue weighted by molar-refractivity contribution is 0.0452. The van der Waals surface area contributed by atoms with Crippen LogP contribution in [0.3, 0.4) is 0 Å². The summed E-state index contributed by atoms with van der Waals surface area (Å²) in [5.74, 6) is 0.296. The molecule has 96 valence electrons. The van der Waals surface area contributed by atoms with Crippen molar-refractivity contribution in [3.8, 4) is 5.75 Å². The van der Waals surface area contributed by atoms with Crippen LogP contribution in [0.4, 0.5) is 0 Å². The van der Waals surface area contributed by atoms with Gasteiger partial charge in [-0.25, -0.2) is 4.79 Å². The van der Waals surface area contributed by atoms with Crippen LogP contribution in [0.1, 0.15) is 27.6 Å². The highest BCUT2D eigenvalue weighted by Crippen LogP contribution is 2.41. The Kier molecular flexibility index (Phi) is 2.91. The van der Waals surface area contributed by atoms with Crippen LogP contribution >= 0.6 is 11.6 Å². The summed E-state index contributed by atoms with van der Waals surface area (Å²) in [6, 6.07) is 12.8. The quantitative estimate of drug-likeness (QED) is 0.785. The Labute approximate surface area is 115 Å². The lowest BCUT2D eigenvalue weighted by atomic mass is 9.98. The Balaban J connectivity index is 2.15. The lowest BCUT2D eigenvalue weighted by Crippen LogP contribution is -2.02. The Morgan fingerprint density at radius 2 is 1.84 bits per heavy atom. The fourth-order valence-corrected chi connectivity index (χ4v) is 2.58. The summed E-state index contributed by atoms with van der Waals surface area (Å²) < 4.78 is 10.8. The number of methoxy groups -OCH3 is 1. The molecule has 3 rings (SSSR count). The van der Waals surface area contributed by atoms with E-state index < -0.39 is 12.1 Å². The number of ether oxygens (including phenoxy) is 2. The van der Waals surface area contributed by atoms with Crippen LogP contribution in [0.25, 0.3) is 0 Å². The van der Waals surface area contributed by atoms with Gasteiger partial charge in [0.05, 0.1) is 17.7 Å². The molecule has 1 aliphatic rings. The van der Waals surface area contributed by atoms with E-state index >= 15 is 0 Å². The van der Waals surface area contributed by atoms with E-state index in [0.29, 0.717) is 16.3 Å². The molecule has 0 saturated carbocycles. The highest BCUT2D eigenvalue weighted by molar-refractivity contribution is 6.34. The molecule has 0 saturated heterocycles. The molecule has 3 nitrogen and oxygen atoms in total. The highest BCUT2D eigenvalue weighted by atomic mass is 35.5. The van der Waals surface area contributed by atoms with Gasteiger partial charge in [-0.1, -0.05) is 41.9 Å². The molecular formula is C15H11ClO3. The minimum absolute atomic E-state index is 0.392. The molecule has 4 heteroatoms. The number of benzene rings is 2. The first-order valence-corrected chi connectivity index (χ1v) is 6.22. The maximum Gasteiger partial charge on any atom is 0.341 e. The van der Waals surface area contributed by atoms with Gasteiger partial charge in [0.1, 0.15) is 5.75 Å². The van der Waals surface area contributed by atoms with Gasteiger partial charge in [-0.3, -0.25) is 0 Å². The average molecular weight is 275 g/mol. The van der Waals surface area contributed by atoms with Crippen LogP contribution in [0.5, 0.6) is 5.75 Å². The smallest absolute Gasteiger partial charge is 0.341 e. The normalized spacial score (nSPS) is 16.9. The van der Waals surface area contributed by atoms with Crippen molar-refractivity contribution < 1.29 is 14.3 Å². The van der Waals surface area contributed by atoms with Crippen LogP contribution < -0.4 is 4.74 Å². The standard InChI is InChI=1S/C15H11ClO3/c1-18-12-8-3-2-5-9(12)14-10-6-4-7-11(16)13(10)15(17)19-14/h2-8,14H,1H3. The van der Waals surface area contributed by atoms with Crippen molar-refractivity contribution in [3.05, 3.63) is 64.2 Å². The highest BCUT2D eigenvalue weighted by Gasteiger charge is 2.35. The van der Waals surface area contributed by atoms with E-state index in [1.807, 2.05) is 36.4 Å². The second-order valence-electron chi connectivity index (χ2n) is 4.23. The van der Waals surface area contributed by atoms with Crippen LogP contribution in [-0.2, 0) is 4.74 Å². The monoisotopic (exact) mass is 274 g/mol. The van der Waals surface area contributed by atoms with E-state index in [1.54, 1.807) is 13.2 Å². The van der Waals surface area contributed by atoms with Gasteiger partial charge in [-0.2, -0.15) is 0 Å². The van der Waals surface area contributed by atoms with E-state index in [0.717, 1.165) is 11.1 Å². The maximum atomic E-state index is 11.9. The minimum Gasteiger partial charge on any atom is -0.496 e. The minimum atomic E-state index is -0.461. The van der Waals surface area contributed by atoms with Gasteiger partial charge >= 0.3 is 5.97 Å². The number of carbonyl (C=O) groups excluding carboxylic acids is 1. The largest absolute Gasteiger partial charge is 0.496 e. The number of cyclic esters (lactones) is 1. The van der Waals surface area contributed by atoms with Crippen molar-refractivity contribution >= 4 is 17.6 Å². The summed E-state index contributed by atoms with van der Waals surface area (Å²) >= 11 is 6.06. The number of fused-ring (bicyclic) bond motifs is 1. The van der Waals surface area contributed by atoms with Gasteiger partial charge in [0.15, 0.2) is 6.10 Å². The molecule has 0 aliphatic carbocycles. The first-order valence-electron chi connectivity index (χ1n) is 5.84.